The van der Waals surface area contributed by atoms with Gasteiger partial charge in [0.1, 0.15) is 5.69 Å². The summed E-state index contributed by atoms with van der Waals surface area (Å²) in [5.41, 5.74) is 1.76. The molecule has 2 atom stereocenters. The monoisotopic (exact) mass is 353 g/mol. The minimum Gasteiger partial charge on any atom is -0.351 e. The van der Waals surface area contributed by atoms with E-state index in [1.54, 1.807) is 0 Å². The second kappa shape index (κ2) is 7.83. The van der Waals surface area contributed by atoms with Gasteiger partial charge in [0.05, 0.1) is 0 Å². The van der Waals surface area contributed by atoms with Gasteiger partial charge < -0.3 is 15.2 Å². The van der Waals surface area contributed by atoms with Gasteiger partial charge in [0, 0.05) is 29.5 Å². The molecular weight excluding hydrogens is 322 g/mol. The molecule has 26 heavy (non-hydrogen) atoms. The number of carbonyl (C=O) groups is 1. The van der Waals surface area contributed by atoms with E-state index in [9.17, 15) is 4.79 Å². The van der Waals surface area contributed by atoms with Gasteiger partial charge in [0.25, 0.3) is 5.91 Å². The Bertz CT molecular complexity index is 716. The zero-order valence-corrected chi connectivity index (χ0v) is 15.8. The van der Waals surface area contributed by atoms with Crippen LogP contribution in [0.4, 0.5) is 0 Å². The highest BCUT2D eigenvalue weighted by Gasteiger charge is 2.30. The second-order valence-electron chi connectivity index (χ2n) is 8.06. The number of H-pyrrole nitrogens is 1. The summed E-state index contributed by atoms with van der Waals surface area (Å²) in [5.74, 6) is 1.13. The molecule has 2 aromatic rings. The summed E-state index contributed by atoms with van der Waals surface area (Å²) in [6.45, 7) is 4.02. The molecular formula is C22H31N3O. The van der Waals surface area contributed by atoms with Gasteiger partial charge >= 0.3 is 0 Å². The van der Waals surface area contributed by atoms with Gasteiger partial charge in [0.2, 0.25) is 0 Å². The molecule has 140 valence electrons. The number of hydrogen-bond donors (Lipinski definition) is 2. The van der Waals surface area contributed by atoms with Crippen molar-refractivity contribution in [1.29, 1.82) is 0 Å². The highest BCUT2D eigenvalue weighted by molar-refractivity contribution is 5.98. The Morgan fingerprint density at radius 2 is 2.08 bits per heavy atom. The predicted octanol–water partition coefficient (Wildman–Crippen LogP) is 4.33. The van der Waals surface area contributed by atoms with Crippen LogP contribution in [0, 0.1) is 5.92 Å². The molecule has 4 rings (SSSR count). The van der Waals surface area contributed by atoms with Crippen molar-refractivity contribution < 1.29 is 4.79 Å². The Balaban J connectivity index is 1.40. The van der Waals surface area contributed by atoms with E-state index in [0.29, 0.717) is 12.1 Å². The number of benzene rings is 1. The van der Waals surface area contributed by atoms with Gasteiger partial charge in [-0.1, -0.05) is 31.0 Å². The van der Waals surface area contributed by atoms with Crippen LogP contribution in [0.2, 0.25) is 0 Å². The molecule has 4 nitrogen and oxygen atoms in total. The van der Waals surface area contributed by atoms with E-state index in [1.165, 1.54) is 32.1 Å². The van der Waals surface area contributed by atoms with Crippen molar-refractivity contribution in [3.05, 3.63) is 36.0 Å². The van der Waals surface area contributed by atoms with E-state index in [2.05, 4.69) is 28.2 Å². The van der Waals surface area contributed by atoms with Crippen LogP contribution < -0.4 is 5.32 Å². The van der Waals surface area contributed by atoms with Crippen LogP contribution in [-0.4, -0.2) is 41.0 Å². The lowest BCUT2D eigenvalue weighted by Crippen LogP contribution is -2.47. The molecule has 0 saturated heterocycles. The topological polar surface area (TPSA) is 48.1 Å². The zero-order chi connectivity index (χ0) is 17.9. The maximum Gasteiger partial charge on any atom is 0.270 e. The lowest BCUT2D eigenvalue weighted by molar-refractivity contribution is 0.0623. The smallest absolute Gasteiger partial charge is 0.270 e. The molecule has 1 heterocycles. The van der Waals surface area contributed by atoms with Gasteiger partial charge in [-0.3, -0.25) is 4.79 Å². The average Bonchev–Trinajstić information content (AvgIpc) is 3.38. The number of amides is 1. The fourth-order valence-electron chi connectivity index (χ4n) is 4.44. The molecule has 0 bridgehead atoms. The maximum absolute atomic E-state index is 13.1. The summed E-state index contributed by atoms with van der Waals surface area (Å²) in [4.78, 5) is 18.5. The summed E-state index contributed by atoms with van der Waals surface area (Å²) in [5, 5.41) is 4.86. The van der Waals surface area contributed by atoms with E-state index in [4.69, 9.17) is 0 Å². The van der Waals surface area contributed by atoms with Crippen LogP contribution in [0.25, 0.3) is 10.9 Å². The molecule has 1 aromatic carbocycles. The summed E-state index contributed by atoms with van der Waals surface area (Å²) >= 11 is 0. The summed E-state index contributed by atoms with van der Waals surface area (Å²) in [7, 11) is 0. The van der Waals surface area contributed by atoms with Gasteiger partial charge in [-0.25, -0.2) is 0 Å². The fraction of sp³-hybridized carbons (Fsp3) is 0.591. The lowest BCUT2D eigenvalue weighted by Gasteiger charge is -2.37. The molecule has 1 aromatic heterocycles. The first-order valence-corrected chi connectivity index (χ1v) is 10.4. The third-order valence-corrected chi connectivity index (χ3v) is 6.13. The highest BCUT2D eigenvalue weighted by Crippen LogP contribution is 2.32. The summed E-state index contributed by atoms with van der Waals surface area (Å²) in [6.07, 6.45) is 8.86. The van der Waals surface area contributed by atoms with Crippen LogP contribution >= 0.6 is 0 Å². The number of para-hydroxylation sites is 1. The van der Waals surface area contributed by atoms with E-state index in [-0.39, 0.29) is 5.91 Å². The van der Waals surface area contributed by atoms with Crippen molar-refractivity contribution >= 4 is 16.8 Å². The maximum atomic E-state index is 13.1. The molecule has 0 unspecified atom stereocenters. The third kappa shape index (κ3) is 3.96. The molecule has 2 aliphatic rings. The molecule has 0 aliphatic heterocycles. The van der Waals surface area contributed by atoms with Gasteiger partial charge in [0.15, 0.2) is 0 Å². The van der Waals surface area contributed by atoms with E-state index in [1.807, 2.05) is 24.3 Å². The Hall–Kier alpha value is -1.81. The van der Waals surface area contributed by atoms with Crippen molar-refractivity contribution in [3.8, 4) is 0 Å². The van der Waals surface area contributed by atoms with Crippen LogP contribution in [-0.2, 0) is 0 Å². The molecule has 4 heteroatoms. The number of aromatic nitrogens is 1. The van der Waals surface area contributed by atoms with Gasteiger partial charge in [-0.15, -0.1) is 0 Å². The van der Waals surface area contributed by atoms with Crippen LogP contribution in [0.5, 0.6) is 0 Å². The quantitative estimate of drug-likeness (QED) is 0.778. The molecule has 2 fully saturated rings. The fourth-order valence-corrected chi connectivity index (χ4v) is 4.44. The Kier molecular flexibility index (Phi) is 5.30. The van der Waals surface area contributed by atoms with Crippen molar-refractivity contribution in [3.63, 3.8) is 0 Å². The van der Waals surface area contributed by atoms with Crippen molar-refractivity contribution in [1.82, 2.24) is 15.2 Å². The largest absolute Gasteiger partial charge is 0.351 e. The number of nitrogens with zero attached hydrogens (tertiary/aromatic N) is 1. The summed E-state index contributed by atoms with van der Waals surface area (Å²) < 4.78 is 0. The first kappa shape index (κ1) is 17.6. The Morgan fingerprint density at radius 3 is 2.85 bits per heavy atom. The Labute approximate surface area is 156 Å². The molecule has 0 radical (unpaired) electrons. The molecule has 0 spiro atoms. The van der Waals surface area contributed by atoms with Gasteiger partial charge in [-0.05, 0) is 63.6 Å². The lowest BCUT2D eigenvalue weighted by atomic mass is 9.89. The number of fused-ring (bicyclic) bond motifs is 1. The molecule has 2 aliphatic carbocycles. The second-order valence-corrected chi connectivity index (χ2v) is 8.06. The third-order valence-electron chi connectivity index (χ3n) is 6.13. The SMILES string of the molecule is CCN(C(=O)c1cc2ccccc2[nH]1)[C@H]1CCC[C@@H](NCCC2CC2)C1. The number of nitrogens with one attached hydrogen (secondary N) is 2. The number of rotatable bonds is 7. The Morgan fingerprint density at radius 1 is 1.23 bits per heavy atom. The minimum absolute atomic E-state index is 0.146. The van der Waals surface area contributed by atoms with E-state index >= 15 is 0 Å². The predicted molar refractivity (Wildman–Crippen MR) is 106 cm³/mol. The highest BCUT2D eigenvalue weighted by atomic mass is 16.2. The number of aromatic amines is 1. The van der Waals surface area contributed by atoms with Crippen molar-refractivity contribution in [2.24, 2.45) is 5.92 Å². The zero-order valence-electron chi connectivity index (χ0n) is 15.8. The minimum atomic E-state index is 0.146. The van der Waals surface area contributed by atoms with Crippen molar-refractivity contribution in [2.75, 3.05) is 13.1 Å². The van der Waals surface area contributed by atoms with Gasteiger partial charge in [-0.2, -0.15) is 0 Å². The molecule has 1 amide bonds. The standard InChI is InChI=1S/C22H31N3O/c1-2-25(22(26)21-14-17-6-3-4-9-20(17)24-21)19-8-5-7-18(15-19)23-13-12-16-10-11-16/h3-4,6,9,14,16,18-19,23-24H,2,5,7-8,10-13,15H2,1H3/t18-,19+/m1/s1. The van der Waals surface area contributed by atoms with Crippen molar-refractivity contribution in [2.45, 2.75) is 64.0 Å². The van der Waals surface area contributed by atoms with E-state index < -0.39 is 0 Å². The van der Waals surface area contributed by atoms with Crippen LogP contribution in [0.3, 0.4) is 0 Å². The summed E-state index contributed by atoms with van der Waals surface area (Å²) in [6, 6.07) is 11.0. The van der Waals surface area contributed by atoms with Crippen LogP contribution in [0.1, 0.15) is 62.4 Å². The first-order chi connectivity index (χ1) is 12.7. The average molecular weight is 354 g/mol. The normalized spacial score (nSPS) is 23.3. The number of carbonyl (C=O) groups excluding carboxylic acids is 1. The van der Waals surface area contributed by atoms with Crippen LogP contribution in [0.15, 0.2) is 30.3 Å². The first-order valence-electron chi connectivity index (χ1n) is 10.4. The molecule has 2 saturated carbocycles. The van der Waals surface area contributed by atoms with E-state index in [0.717, 1.165) is 48.4 Å². The number of hydrogen-bond acceptors (Lipinski definition) is 2. The molecule has 2 N–H and O–H groups in total.